The van der Waals surface area contributed by atoms with Gasteiger partial charge in [-0.3, -0.25) is 0 Å². The van der Waals surface area contributed by atoms with Gasteiger partial charge in [-0.2, -0.15) is 10.5 Å². The lowest BCUT2D eigenvalue weighted by molar-refractivity contribution is -0.138. The normalized spacial score (nSPS) is 15.8. The van der Waals surface area contributed by atoms with Gasteiger partial charge in [0, 0.05) is 16.9 Å². The van der Waals surface area contributed by atoms with E-state index in [2.05, 4.69) is 22.1 Å². The predicted molar refractivity (Wildman–Crippen MR) is 158 cm³/mol. The fourth-order valence-electron chi connectivity index (χ4n) is 4.71. The number of halogens is 2. The fraction of sp³-hybridized carbons (Fsp3) is 0.290. The van der Waals surface area contributed by atoms with Crippen LogP contribution in [-0.4, -0.2) is 28.5 Å². The van der Waals surface area contributed by atoms with E-state index in [0.29, 0.717) is 45.5 Å². The van der Waals surface area contributed by atoms with E-state index in [0.717, 1.165) is 18.4 Å². The molecule has 1 saturated heterocycles. The van der Waals surface area contributed by atoms with Gasteiger partial charge in [0.15, 0.2) is 5.79 Å². The maximum Gasteiger partial charge on any atom is 0.226 e. The molecule has 42 heavy (non-hydrogen) atoms. The van der Waals surface area contributed by atoms with E-state index >= 15 is 0 Å². The first kappa shape index (κ1) is 29.6. The number of hydrogen-bond donors (Lipinski definition) is 1. The standard InChI is InChI=1S/C31H27ClFN5O3S/c1-17-26(37-29(40-17)20-9-11-24(32)25(33)12-20)16-42-30-23(14-35)27(22(13-34)28(36)38-30)19-7-4-18(5-8-19)6-10-21-15-39-31(2,3)41-21/h4-5,7-9,11-12,21H,6,10,15-16H2,1-3H3,(H2,36,38)/t21-/m0/s1. The van der Waals surface area contributed by atoms with Gasteiger partial charge in [0.25, 0.3) is 0 Å². The molecule has 4 aromatic rings. The molecule has 0 unspecified atom stereocenters. The van der Waals surface area contributed by atoms with Crippen LogP contribution in [0.15, 0.2) is 51.9 Å². The summed E-state index contributed by atoms with van der Waals surface area (Å²) < 4.78 is 31.3. The highest BCUT2D eigenvalue weighted by Crippen LogP contribution is 2.37. The molecule has 1 fully saturated rings. The summed E-state index contributed by atoms with van der Waals surface area (Å²) in [5, 5.41) is 20.4. The van der Waals surface area contributed by atoms with Crippen molar-refractivity contribution in [3.05, 3.63) is 81.4 Å². The van der Waals surface area contributed by atoms with E-state index in [1.807, 2.05) is 38.1 Å². The first-order chi connectivity index (χ1) is 20.1. The van der Waals surface area contributed by atoms with Crippen LogP contribution in [0.2, 0.25) is 5.02 Å². The monoisotopic (exact) mass is 603 g/mol. The Bertz CT molecular complexity index is 1730. The van der Waals surface area contributed by atoms with Gasteiger partial charge >= 0.3 is 0 Å². The summed E-state index contributed by atoms with van der Waals surface area (Å²) in [5.74, 6) is 0.00945. The van der Waals surface area contributed by atoms with Crippen LogP contribution in [0.5, 0.6) is 0 Å². The Kier molecular flexibility index (Phi) is 8.53. The van der Waals surface area contributed by atoms with E-state index < -0.39 is 11.6 Å². The molecule has 2 aromatic heterocycles. The third-order valence-corrected chi connectivity index (χ3v) is 8.18. The second-order valence-corrected chi connectivity index (χ2v) is 11.6. The summed E-state index contributed by atoms with van der Waals surface area (Å²) >= 11 is 7.05. The van der Waals surface area contributed by atoms with Crippen LogP contribution in [0.3, 0.4) is 0 Å². The Morgan fingerprint density at radius 2 is 1.81 bits per heavy atom. The molecule has 1 aliphatic rings. The zero-order chi connectivity index (χ0) is 30.0. The molecule has 0 radical (unpaired) electrons. The first-order valence-electron chi connectivity index (χ1n) is 13.2. The third-order valence-electron chi connectivity index (χ3n) is 6.89. The Hall–Kier alpha value is -3.93. The Morgan fingerprint density at radius 3 is 2.45 bits per heavy atom. The summed E-state index contributed by atoms with van der Waals surface area (Å²) in [6.07, 6.45) is 1.64. The van der Waals surface area contributed by atoms with Crippen molar-refractivity contribution < 1.29 is 18.3 Å². The fourth-order valence-corrected chi connectivity index (χ4v) is 5.83. The van der Waals surface area contributed by atoms with Crippen molar-refractivity contribution >= 4 is 29.2 Å². The molecule has 0 spiro atoms. The zero-order valence-corrected chi connectivity index (χ0v) is 24.8. The largest absolute Gasteiger partial charge is 0.441 e. The molecule has 11 heteroatoms. The van der Waals surface area contributed by atoms with Gasteiger partial charge in [-0.1, -0.05) is 47.6 Å². The van der Waals surface area contributed by atoms with Crippen LogP contribution in [-0.2, 0) is 21.6 Å². The quantitative estimate of drug-likeness (QED) is 0.207. The van der Waals surface area contributed by atoms with E-state index in [1.54, 1.807) is 13.0 Å². The molecule has 3 heterocycles. The lowest BCUT2D eigenvalue weighted by atomic mass is 9.95. The molecule has 2 N–H and O–H groups in total. The van der Waals surface area contributed by atoms with Gasteiger partial charge in [-0.15, -0.1) is 0 Å². The van der Waals surface area contributed by atoms with Crippen LogP contribution < -0.4 is 5.73 Å². The number of benzene rings is 2. The van der Waals surface area contributed by atoms with Crippen molar-refractivity contribution in [3.8, 4) is 34.7 Å². The van der Waals surface area contributed by atoms with Gasteiger partial charge in [-0.25, -0.2) is 14.4 Å². The Labute approximate surface area is 252 Å². The maximum absolute atomic E-state index is 14.0. The molecule has 2 aromatic carbocycles. The number of ether oxygens (including phenoxy) is 2. The molecule has 1 atom stereocenters. The Morgan fingerprint density at radius 1 is 1.10 bits per heavy atom. The SMILES string of the molecule is Cc1oc(-c2ccc(Cl)c(F)c2)nc1CSc1nc(N)c(C#N)c(-c2ccc(CC[C@H]3COC(C)(C)O3)cc2)c1C#N. The second kappa shape index (κ2) is 12.1. The number of pyridine rings is 1. The smallest absolute Gasteiger partial charge is 0.226 e. The van der Waals surface area contributed by atoms with Crippen molar-refractivity contribution in [3.63, 3.8) is 0 Å². The maximum atomic E-state index is 14.0. The molecule has 1 aliphatic heterocycles. The number of nitriles is 2. The van der Waals surface area contributed by atoms with Crippen molar-refractivity contribution in [2.75, 3.05) is 12.3 Å². The molecule has 5 rings (SSSR count). The van der Waals surface area contributed by atoms with Gasteiger partial charge in [-0.05, 0) is 62.9 Å². The lowest BCUT2D eigenvalue weighted by Crippen LogP contribution is -2.21. The highest BCUT2D eigenvalue weighted by molar-refractivity contribution is 7.98. The van der Waals surface area contributed by atoms with Crippen molar-refractivity contribution in [2.45, 2.75) is 56.3 Å². The number of aromatic nitrogens is 2. The number of nitrogen functional groups attached to an aromatic ring is 1. The molecule has 0 saturated carbocycles. The number of rotatable bonds is 8. The van der Waals surface area contributed by atoms with Gasteiger partial charge in [0.2, 0.25) is 5.89 Å². The average Bonchev–Trinajstić information content (AvgIpc) is 3.52. The van der Waals surface area contributed by atoms with Crippen molar-refractivity contribution in [1.82, 2.24) is 9.97 Å². The number of nitrogens with zero attached hydrogens (tertiary/aromatic N) is 4. The second-order valence-electron chi connectivity index (χ2n) is 10.3. The molecule has 214 valence electrons. The minimum Gasteiger partial charge on any atom is -0.441 e. The van der Waals surface area contributed by atoms with Gasteiger partial charge < -0.3 is 19.6 Å². The number of anilines is 1. The van der Waals surface area contributed by atoms with Crippen LogP contribution >= 0.6 is 23.4 Å². The number of hydrogen-bond acceptors (Lipinski definition) is 9. The number of nitrogens with two attached hydrogens (primary N) is 1. The summed E-state index contributed by atoms with van der Waals surface area (Å²) in [4.78, 5) is 8.90. The summed E-state index contributed by atoms with van der Waals surface area (Å²) in [6, 6.07) is 16.4. The zero-order valence-electron chi connectivity index (χ0n) is 23.2. The van der Waals surface area contributed by atoms with E-state index in [9.17, 15) is 14.9 Å². The highest BCUT2D eigenvalue weighted by Gasteiger charge is 2.32. The number of thioether (sulfide) groups is 1. The molecule has 0 bridgehead atoms. The van der Waals surface area contributed by atoms with E-state index in [-0.39, 0.29) is 34.0 Å². The van der Waals surface area contributed by atoms with Crippen LogP contribution in [0.4, 0.5) is 10.2 Å². The summed E-state index contributed by atoms with van der Waals surface area (Å²) in [6.45, 7) is 6.13. The predicted octanol–water partition coefficient (Wildman–Crippen LogP) is 7.21. The average molecular weight is 604 g/mol. The molecule has 0 amide bonds. The number of oxazole rings is 1. The van der Waals surface area contributed by atoms with Crippen molar-refractivity contribution in [1.29, 1.82) is 10.5 Å². The third kappa shape index (κ3) is 6.28. The van der Waals surface area contributed by atoms with E-state index in [1.165, 1.54) is 23.9 Å². The highest BCUT2D eigenvalue weighted by atomic mass is 35.5. The molecule has 0 aliphatic carbocycles. The lowest BCUT2D eigenvalue weighted by Gasteiger charge is -2.17. The molecular weight excluding hydrogens is 577 g/mol. The topological polar surface area (TPSA) is 131 Å². The van der Waals surface area contributed by atoms with Crippen LogP contribution in [0.1, 0.15) is 48.4 Å². The van der Waals surface area contributed by atoms with Crippen molar-refractivity contribution in [2.24, 2.45) is 0 Å². The summed E-state index contributed by atoms with van der Waals surface area (Å²) in [7, 11) is 0. The minimum atomic E-state index is -0.570. The minimum absolute atomic E-state index is 0.00895. The Balaban J connectivity index is 1.38. The van der Waals surface area contributed by atoms with E-state index in [4.69, 9.17) is 31.2 Å². The first-order valence-corrected chi connectivity index (χ1v) is 14.5. The molecular formula is C31H27ClFN5O3S. The van der Waals surface area contributed by atoms with Gasteiger partial charge in [0.05, 0.1) is 29.0 Å². The van der Waals surface area contributed by atoms with Gasteiger partial charge in [0.1, 0.15) is 40.1 Å². The van der Waals surface area contributed by atoms with Crippen LogP contribution in [0.25, 0.3) is 22.6 Å². The van der Waals surface area contributed by atoms with Crippen LogP contribution in [0, 0.1) is 35.4 Å². The number of aryl methyl sites for hydroxylation is 2. The summed E-state index contributed by atoms with van der Waals surface area (Å²) in [5.41, 5.74) is 9.87. The molecule has 8 nitrogen and oxygen atoms in total.